The average molecular weight is 436 g/mol. The van der Waals surface area contributed by atoms with Crippen molar-refractivity contribution >= 4 is 41.6 Å². The summed E-state index contributed by atoms with van der Waals surface area (Å²) in [7, 11) is 1.90. The van der Waals surface area contributed by atoms with Crippen molar-refractivity contribution < 1.29 is 4.79 Å². The summed E-state index contributed by atoms with van der Waals surface area (Å²) in [5.74, 6) is 0.147. The molecule has 1 amide bonds. The standard InChI is InChI=1S/C21H25N5O.2ClH/c1-14-17-6-4-5-7-19(17)24-15(2)18(14)10-21(27)26-9-8-22-12-20(26)16-11-23-25(3)13-16;;/h4-7,11,13,20,22H,8-10,12H2,1-3H3;2*1H. The Balaban J connectivity index is 0.00000150. The normalized spacial score (nSPS) is 16.2. The van der Waals surface area contributed by atoms with Gasteiger partial charge >= 0.3 is 0 Å². The van der Waals surface area contributed by atoms with Crippen molar-refractivity contribution in [2.45, 2.75) is 26.3 Å². The van der Waals surface area contributed by atoms with E-state index < -0.39 is 0 Å². The molecule has 3 heterocycles. The van der Waals surface area contributed by atoms with Crippen molar-refractivity contribution in [3.8, 4) is 0 Å². The van der Waals surface area contributed by atoms with E-state index in [1.807, 2.05) is 49.5 Å². The SMILES string of the molecule is Cc1nc2ccccc2c(C)c1CC(=O)N1CCNCC1c1cnn(C)c1.Cl.Cl. The second kappa shape index (κ2) is 9.57. The molecule has 0 spiro atoms. The number of hydrogen-bond donors (Lipinski definition) is 1. The molecule has 6 nitrogen and oxygen atoms in total. The van der Waals surface area contributed by atoms with E-state index in [1.165, 1.54) is 0 Å². The summed E-state index contributed by atoms with van der Waals surface area (Å²) in [5, 5.41) is 8.79. The van der Waals surface area contributed by atoms with E-state index in [2.05, 4.69) is 23.4 Å². The second-order valence-electron chi connectivity index (χ2n) is 7.25. The lowest BCUT2D eigenvalue weighted by Crippen LogP contribution is -2.49. The number of carbonyl (C=O) groups is 1. The van der Waals surface area contributed by atoms with Gasteiger partial charge in [0.15, 0.2) is 0 Å². The van der Waals surface area contributed by atoms with Crippen LogP contribution in [0.1, 0.15) is 28.4 Å². The summed E-state index contributed by atoms with van der Waals surface area (Å²) in [6.07, 6.45) is 4.23. The minimum Gasteiger partial charge on any atom is -0.333 e. The molecule has 156 valence electrons. The van der Waals surface area contributed by atoms with Crippen LogP contribution in [0.5, 0.6) is 0 Å². The third kappa shape index (κ3) is 4.55. The van der Waals surface area contributed by atoms with Crippen molar-refractivity contribution in [1.29, 1.82) is 0 Å². The van der Waals surface area contributed by atoms with Crippen LogP contribution < -0.4 is 5.32 Å². The molecule has 1 unspecified atom stereocenters. The zero-order valence-electron chi connectivity index (χ0n) is 16.9. The highest BCUT2D eigenvalue weighted by Gasteiger charge is 2.29. The van der Waals surface area contributed by atoms with E-state index in [0.717, 1.165) is 46.4 Å². The van der Waals surface area contributed by atoms with Crippen LogP contribution in [0.25, 0.3) is 10.9 Å². The van der Waals surface area contributed by atoms with E-state index in [4.69, 9.17) is 4.98 Å². The highest BCUT2D eigenvalue weighted by Crippen LogP contribution is 2.26. The number of fused-ring (bicyclic) bond motifs is 1. The largest absolute Gasteiger partial charge is 0.333 e. The maximum atomic E-state index is 13.2. The summed E-state index contributed by atoms with van der Waals surface area (Å²) in [6, 6.07) is 8.14. The number of aromatic nitrogens is 3. The van der Waals surface area contributed by atoms with Gasteiger partial charge in [0.2, 0.25) is 5.91 Å². The molecule has 29 heavy (non-hydrogen) atoms. The summed E-state index contributed by atoms with van der Waals surface area (Å²) in [4.78, 5) is 19.9. The number of halogens is 2. The molecule has 4 rings (SSSR count). The quantitative estimate of drug-likeness (QED) is 0.685. The van der Waals surface area contributed by atoms with Gasteiger partial charge < -0.3 is 10.2 Å². The molecule has 1 fully saturated rings. The lowest BCUT2D eigenvalue weighted by Gasteiger charge is -2.36. The van der Waals surface area contributed by atoms with Crippen LogP contribution in [0.3, 0.4) is 0 Å². The Morgan fingerprint density at radius 3 is 2.72 bits per heavy atom. The van der Waals surface area contributed by atoms with Gasteiger partial charge in [0, 0.05) is 49.5 Å². The lowest BCUT2D eigenvalue weighted by molar-refractivity contribution is -0.133. The second-order valence-corrected chi connectivity index (χ2v) is 7.25. The number of para-hydroxylation sites is 1. The highest BCUT2D eigenvalue weighted by molar-refractivity contribution is 5.87. The predicted octanol–water partition coefficient (Wildman–Crippen LogP) is 3.14. The fourth-order valence-electron chi connectivity index (χ4n) is 4.00. The smallest absolute Gasteiger partial charge is 0.227 e. The van der Waals surface area contributed by atoms with Crippen LogP contribution in [0.2, 0.25) is 0 Å². The number of hydrogen-bond acceptors (Lipinski definition) is 4. The summed E-state index contributed by atoms with van der Waals surface area (Å²) in [6.45, 7) is 6.37. The topological polar surface area (TPSA) is 63.1 Å². The molecule has 1 N–H and O–H groups in total. The number of amides is 1. The number of pyridine rings is 1. The average Bonchev–Trinajstić information content (AvgIpc) is 3.11. The molecule has 2 aromatic heterocycles. The first kappa shape index (κ1) is 23.1. The Morgan fingerprint density at radius 2 is 2.00 bits per heavy atom. The van der Waals surface area contributed by atoms with Gasteiger partial charge in [0.1, 0.15) is 0 Å². The number of piperazine rings is 1. The van der Waals surface area contributed by atoms with E-state index in [0.29, 0.717) is 13.0 Å². The number of benzene rings is 1. The summed E-state index contributed by atoms with van der Waals surface area (Å²) >= 11 is 0. The minimum absolute atomic E-state index is 0. The Morgan fingerprint density at radius 1 is 1.24 bits per heavy atom. The third-order valence-corrected chi connectivity index (χ3v) is 5.49. The Kier molecular flexibility index (Phi) is 7.63. The van der Waals surface area contributed by atoms with Gasteiger partial charge in [-0.25, -0.2) is 0 Å². The Hall–Kier alpha value is -2.15. The van der Waals surface area contributed by atoms with E-state index in [1.54, 1.807) is 4.68 Å². The molecule has 1 aromatic carbocycles. The number of nitrogens with zero attached hydrogens (tertiary/aromatic N) is 4. The molecule has 0 radical (unpaired) electrons. The van der Waals surface area contributed by atoms with Crippen molar-refractivity contribution in [1.82, 2.24) is 25.0 Å². The first-order chi connectivity index (χ1) is 13.0. The van der Waals surface area contributed by atoms with Crippen molar-refractivity contribution in [2.24, 2.45) is 7.05 Å². The van der Waals surface area contributed by atoms with E-state index in [9.17, 15) is 4.79 Å². The molecule has 0 bridgehead atoms. The summed E-state index contributed by atoms with van der Waals surface area (Å²) in [5.41, 5.74) is 5.19. The van der Waals surface area contributed by atoms with Crippen molar-refractivity contribution in [3.05, 3.63) is 59.0 Å². The number of rotatable bonds is 3. The molecule has 1 saturated heterocycles. The molecule has 1 aliphatic heterocycles. The molecular formula is C21H27Cl2N5O. The molecule has 0 aliphatic carbocycles. The first-order valence-corrected chi connectivity index (χ1v) is 9.38. The highest BCUT2D eigenvalue weighted by atomic mass is 35.5. The van der Waals surface area contributed by atoms with Crippen LogP contribution in [-0.4, -0.2) is 45.2 Å². The van der Waals surface area contributed by atoms with Gasteiger partial charge in [-0.05, 0) is 31.0 Å². The van der Waals surface area contributed by atoms with Crippen molar-refractivity contribution in [2.75, 3.05) is 19.6 Å². The Labute approximate surface area is 183 Å². The molecule has 8 heteroatoms. The molecular weight excluding hydrogens is 409 g/mol. The van der Waals surface area contributed by atoms with Crippen LogP contribution >= 0.6 is 24.8 Å². The van der Waals surface area contributed by atoms with Gasteiger partial charge in [-0.2, -0.15) is 5.10 Å². The molecule has 1 atom stereocenters. The monoisotopic (exact) mass is 435 g/mol. The number of aryl methyl sites for hydroxylation is 3. The van der Waals surface area contributed by atoms with Gasteiger partial charge in [0.05, 0.1) is 24.2 Å². The third-order valence-electron chi connectivity index (χ3n) is 5.49. The fraction of sp³-hybridized carbons (Fsp3) is 0.381. The van der Waals surface area contributed by atoms with Crippen LogP contribution in [0.15, 0.2) is 36.7 Å². The first-order valence-electron chi connectivity index (χ1n) is 9.38. The predicted molar refractivity (Wildman–Crippen MR) is 120 cm³/mol. The summed E-state index contributed by atoms with van der Waals surface area (Å²) < 4.78 is 1.79. The van der Waals surface area contributed by atoms with Crippen LogP contribution in [-0.2, 0) is 18.3 Å². The van der Waals surface area contributed by atoms with Crippen LogP contribution in [0.4, 0.5) is 0 Å². The number of carbonyl (C=O) groups excluding carboxylic acids is 1. The molecule has 3 aromatic rings. The lowest BCUT2D eigenvalue weighted by atomic mass is 9.98. The van der Waals surface area contributed by atoms with Crippen molar-refractivity contribution in [3.63, 3.8) is 0 Å². The van der Waals surface area contributed by atoms with Gasteiger partial charge in [-0.15, -0.1) is 24.8 Å². The van der Waals surface area contributed by atoms with Crippen LogP contribution in [0, 0.1) is 13.8 Å². The zero-order chi connectivity index (χ0) is 19.0. The molecule has 1 aliphatic rings. The van der Waals surface area contributed by atoms with Gasteiger partial charge in [-0.3, -0.25) is 14.5 Å². The fourth-order valence-corrected chi connectivity index (χ4v) is 4.00. The number of nitrogens with one attached hydrogen (secondary N) is 1. The minimum atomic E-state index is 0. The molecule has 0 saturated carbocycles. The zero-order valence-corrected chi connectivity index (χ0v) is 18.5. The maximum Gasteiger partial charge on any atom is 0.227 e. The van der Waals surface area contributed by atoms with E-state index >= 15 is 0 Å². The Bertz CT molecular complexity index is 1000. The van der Waals surface area contributed by atoms with Gasteiger partial charge in [-0.1, -0.05) is 18.2 Å². The van der Waals surface area contributed by atoms with Gasteiger partial charge in [0.25, 0.3) is 0 Å². The van der Waals surface area contributed by atoms with E-state index in [-0.39, 0.29) is 36.8 Å². The maximum absolute atomic E-state index is 13.2.